The molecule has 2 aromatic rings. The van der Waals surface area contributed by atoms with E-state index >= 15 is 0 Å². The quantitative estimate of drug-likeness (QED) is 0.422. The minimum atomic E-state index is -0.447. The maximum atomic E-state index is 13.8. The molecule has 0 aromatic heterocycles. The zero-order chi connectivity index (χ0) is 18.4. The fourth-order valence-corrected chi connectivity index (χ4v) is 3.51. The van der Waals surface area contributed by atoms with Crippen LogP contribution in [0, 0.1) is 17.1 Å². The molecule has 0 saturated carbocycles. The highest BCUT2D eigenvalue weighted by molar-refractivity contribution is 5.96. The van der Waals surface area contributed by atoms with Gasteiger partial charge in [-0.25, -0.2) is 4.39 Å². The van der Waals surface area contributed by atoms with Crippen LogP contribution < -0.4 is 11.1 Å². The van der Waals surface area contributed by atoms with Crippen LogP contribution in [0.5, 0.6) is 0 Å². The minimum Gasteiger partial charge on any atom is -0.399 e. The third-order valence-electron chi connectivity index (χ3n) is 5.07. The second-order valence-electron chi connectivity index (χ2n) is 7.03. The summed E-state index contributed by atoms with van der Waals surface area (Å²) in [7, 11) is 0. The van der Waals surface area contributed by atoms with E-state index in [1.807, 2.05) is 0 Å². The standard InChI is InChI=1S/C21H27FN4/c22-20-14-18(23)6-7-19(20)21(24)25-11-8-16-9-12-26(13-10-16)15-17-4-2-1-3-5-17/h1-7,14,16H,8-13,15,23H2,(H2,24,25). The van der Waals surface area contributed by atoms with Gasteiger partial charge in [0.1, 0.15) is 11.7 Å². The van der Waals surface area contributed by atoms with Gasteiger partial charge in [0.25, 0.3) is 0 Å². The lowest BCUT2D eigenvalue weighted by atomic mass is 9.93. The lowest BCUT2D eigenvalue weighted by molar-refractivity contribution is 0.173. The zero-order valence-corrected chi connectivity index (χ0v) is 15.0. The molecule has 0 radical (unpaired) electrons. The van der Waals surface area contributed by atoms with Crippen molar-refractivity contribution in [3.8, 4) is 0 Å². The predicted octanol–water partition coefficient (Wildman–Crippen LogP) is 3.63. The number of halogens is 1. The number of nitrogens with zero attached hydrogens (tertiary/aromatic N) is 1. The molecule has 0 spiro atoms. The number of nitrogens with two attached hydrogens (primary N) is 1. The van der Waals surface area contributed by atoms with Gasteiger partial charge in [0.2, 0.25) is 0 Å². The highest BCUT2D eigenvalue weighted by atomic mass is 19.1. The number of hydrogen-bond donors (Lipinski definition) is 3. The Bertz CT molecular complexity index is 724. The van der Waals surface area contributed by atoms with Gasteiger partial charge in [0.15, 0.2) is 0 Å². The molecule has 5 heteroatoms. The van der Waals surface area contributed by atoms with Gasteiger partial charge >= 0.3 is 0 Å². The Labute approximate surface area is 154 Å². The molecule has 4 nitrogen and oxygen atoms in total. The summed E-state index contributed by atoms with van der Waals surface area (Å²) in [5.74, 6) is 0.347. The summed E-state index contributed by atoms with van der Waals surface area (Å²) >= 11 is 0. The first-order chi connectivity index (χ1) is 12.6. The lowest BCUT2D eigenvalue weighted by Crippen LogP contribution is -2.35. The summed E-state index contributed by atoms with van der Waals surface area (Å²) in [6.45, 7) is 3.95. The number of hydrogen-bond acceptors (Lipinski definition) is 3. The number of benzene rings is 2. The molecule has 2 aromatic carbocycles. The van der Waals surface area contributed by atoms with Crippen LogP contribution in [0.15, 0.2) is 48.5 Å². The molecule has 138 valence electrons. The van der Waals surface area contributed by atoms with Gasteiger partial charge in [0.05, 0.1) is 5.56 Å². The Morgan fingerprint density at radius 2 is 1.88 bits per heavy atom. The molecule has 0 bridgehead atoms. The van der Waals surface area contributed by atoms with Gasteiger partial charge in [-0.1, -0.05) is 30.3 Å². The lowest BCUT2D eigenvalue weighted by Gasteiger charge is -2.32. The highest BCUT2D eigenvalue weighted by Gasteiger charge is 2.19. The van der Waals surface area contributed by atoms with Gasteiger partial charge in [-0.2, -0.15) is 0 Å². The van der Waals surface area contributed by atoms with Crippen LogP contribution in [0.25, 0.3) is 0 Å². The molecule has 0 unspecified atom stereocenters. The number of rotatable bonds is 6. The molecule has 0 atom stereocenters. The first kappa shape index (κ1) is 18.4. The number of nitrogens with one attached hydrogen (secondary N) is 2. The number of piperidine rings is 1. The summed E-state index contributed by atoms with van der Waals surface area (Å²) in [4.78, 5) is 2.51. The molecule has 1 aliphatic heterocycles. The first-order valence-corrected chi connectivity index (χ1v) is 9.26. The summed E-state index contributed by atoms with van der Waals surface area (Å²) < 4.78 is 13.8. The van der Waals surface area contributed by atoms with Crippen molar-refractivity contribution in [2.45, 2.75) is 25.8 Å². The van der Waals surface area contributed by atoms with E-state index in [1.165, 1.54) is 24.5 Å². The molecule has 0 aliphatic carbocycles. The third kappa shape index (κ3) is 5.05. The molecule has 4 N–H and O–H groups in total. The van der Waals surface area contributed by atoms with Crippen molar-refractivity contribution in [3.63, 3.8) is 0 Å². The summed E-state index contributed by atoms with van der Waals surface area (Å²) in [6, 6.07) is 15.0. The van der Waals surface area contributed by atoms with Crippen LogP contribution in [0.4, 0.5) is 10.1 Å². The Hall–Kier alpha value is -2.40. The van der Waals surface area contributed by atoms with E-state index in [4.69, 9.17) is 11.1 Å². The molecule has 1 fully saturated rings. The number of anilines is 1. The fraction of sp³-hybridized carbons (Fsp3) is 0.381. The Balaban J connectivity index is 1.38. The van der Waals surface area contributed by atoms with Crippen LogP contribution in [-0.4, -0.2) is 30.4 Å². The Morgan fingerprint density at radius 1 is 1.15 bits per heavy atom. The van der Waals surface area contributed by atoms with Crippen LogP contribution in [0.2, 0.25) is 0 Å². The first-order valence-electron chi connectivity index (χ1n) is 9.26. The van der Waals surface area contributed by atoms with Crippen LogP contribution >= 0.6 is 0 Å². The van der Waals surface area contributed by atoms with Crippen molar-refractivity contribution < 1.29 is 4.39 Å². The molecule has 0 amide bonds. The largest absolute Gasteiger partial charge is 0.399 e. The second-order valence-corrected chi connectivity index (χ2v) is 7.03. The van der Waals surface area contributed by atoms with E-state index < -0.39 is 5.82 Å². The molecule has 1 heterocycles. The van der Waals surface area contributed by atoms with Gasteiger partial charge in [-0.05, 0) is 62.0 Å². The topological polar surface area (TPSA) is 65.1 Å². The molecule has 1 saturated heterocycles. The van der Waals surface area contributed by atoms with Crippen molar-refractivity contribution in [1.29, 1.82) is 5.41 Å². The maximum absolute atomic E-state index is 13.8. The number of amidine groups is 1. The molecule has 26 heavy (non-hydrogen) atoms. The van der Waals surface area contributed by atoms with Gasteiger partial charge in [-0.15, -0.1) is 0 Å². The van der Waals surface area contributed by atoms with Crippen LogP contribution in [0.1, 0.15) is 30.4 Å². The van der Waals surface area contributed by atoms with Gasteiger partial charge in [0, 0.05) is 18.8 Å². The summed E-state index contributed by atoms with van der Waals surface area (Å²) in [5.41, 5.74) is 7.57. The molecular formula is C21H27FN4. The van der Waals surface area contributed by atoms with Crippen molar-refractivity contribution in [3.05, 3.63) is 65.5 Å². The van der Waals surface area contributed by atoms with E-state index in [0.29, 0.717) is 18.2 Å². The van der Waals surface area contributed by atoms with E-state index in [0.717, 1.165) is 26.1 Å². The molecule has 1 aliphatic rings. The number of nitrogen functional groups attached to an aromatic ring is 1. The predicted molar refractivity (Wildman–Crippen MR) is 105 cm³/mol. The average molecular weight is 354 g/mol. The van der Waals surface area contributed by atoms with Crippen LogP contribution in [0.3, 0.4) is 0 Å². The summed E-state index contributed by atoms with van der Waals surface area (Å²) in [5, 5.41) is 11.1. The van der Waals surface area contributed by atoms with Gasteiger partial charge < -0.3 is 11.1 Å². The second kappa shape index (κ2) is 8.81. The Kier molecular flexibility index (Phi) is 6.23. The minimum absolute atomic E-state index is 0.129. The normalized spacial score (nSPS) is 15.7. The van der Waals surface area contributed by atoms with Crippen molar-refractivity contribution in [2.75, 3.05) is 25.4 Å². The summed E-state index contributed by atoms with van der Waals surface area (Å²) in [6.07, 6.45) is 3.37. The molecular weight excluding hydrogens is 327 g/mol. The zero-order valence-electron chi connectivity index (χ0n) is 15.0. The molecule has 3 rings (SSSR count). The van der Waals surface area contributed by atoms with E-state index in [1.54, 1.807) is 12.1 Å². The van der Waals surface area contributed by atoms with Crippen LogP contribution in [-0.2, 0) is 6.54 Å². The maximum Gasteiger partial charge on any atom is 0.136 e. The monoisotopic (exact) mass is 354 g/mol. The third-order valence-corrected chi connectivity index (χ3v) is 5.07. The van der Waals surface area contributed by atoms with E-state index in [-0.39, 0.29) is 11.4 Å². The average Bonchev–Trinajstić information content (AvgIpc) is 2.64. The van der Waals surface area contributed by atoms with E-state index in [2.05, 4.69) is 40.5 Å². The van der Waals surface area contributed by atoms with Crippen molar-refractivity contribution >= 4 is 11.5 Å². The van der Waals surface area contributed by atoms with E-state index in [9.17, 15) is 4.39 Å². The van der Waals surface area contributed by atoms with Crippen molar-refractivity contribution in [1.82, 2.24) is 10.2 Å². The fourth-order valence-electron chi connectivity index (χ4n) is 3.51. The van der Waals surface area contributed by atoms with Crippen molar-refractivity contribution in [2.24, 2.45) is 5.92 Å². The Morgan fingerprint density at radius 3 is 2.58 bits per heavy atom. The number of likely N-dealkylation sites (tertiary alicyclic amines) is 1. The van der Waals surface area contributed by atoms with Gasteiger partial charge in [-0.3, -0.25) is 10.3 Å². The highest BCUT2D eigenvalue weighted by Crippen LogP contribution is 2.21. The smallest absolute Gasteiger partial charge is 0.136 e. The SMILES string of the molecule is N=C(NCCC1CCN(Cc2ccccc2)CC1)c1ccc(N)cc1F.